The first kappa shape index (κ1) is 21.9. The van der Waals surface area contributed by atoms with Crippen molar-refractivity contribution in [3.8, 4) is 17.2 Å². The normalized spacial score (nSPS) is 18.1. The molecule has 0 spiro atoms. The highest BCUT2D eigenvalue weighted by molar-refractivity contribution is 5.80. The fourth-order valence-electron chi connectivity index (χ4n) is 3.16. The minimum Gasteiger partial charge on any atom is -0.493 e. The number of aliphatic imine (C=N–C) groups is 1. The Hall–Kier alpha value is -2.36. The average molecular weight is 404 g/mol. The lowest BCUT2D eigenvalue weighted by Crippen LogP contribution is -2.44. The predicted octanol–water partition coefficient (Wildman–Crippen LogP) is 2.01. The van der Waals surface area contributed by atoms with E-state index in [0.717, 1.165) is 5.56 Å². The Labute approximate surface area is 162 Å². The van der Waals surface area contributed by atoms with Crippen LogP contribution >= 0.6 is 0 Å². The number of ether oxygens (including phenoxy) is 3. The Morgan fingerprint density at radius 1 is 1.18 bits per heavy atom. The van der Waals surface area contributed by atoms with Crippen molar-refractivity contribution in [1.82, 2.24) is 15.5 Å². The van der Waals surface area contributed by atoms with Crippen LogP contribution in [0.5, 0.6) is 17.2 Å². The largest absolute Gasteiger partial charge is 0.493 e. The number of rotatable bonds is 7. The molecule has 1 aliphatic rings. The molecule has 1 fully saturated rings. The van der Waals surface area contributed by atoms with Crippen molar-refractivity contribution in [2.24, 2.45) is 4.99 Å². The third kappa shape index (κ3) is 6.08. The van der Waals surface area contributed by atoms with Gasteiger partial charge >= 0.3 is 6.18 Å². The summed E-state index contributed by atoms with van der Waals surface area (Å²) in [6.45, 7) is 0.267. The molecule has 1 aliphatic heterocycles. The first-order valence-electron chi connectivity index (χ1n) is 8.84. The van der Waals surface area contributed by atoms with E-state index in [-0.39, 0.29) is 6.04 Å². The van der Waals surface area contributed by atoms with E-state index in [1.54, 1.807) is 21.3 Å². The molecule has 10 heteroatoms. The Bertz CT molecular complexity index is 658. The molecule has 0 saturated carbocycles. The van der Waals surface area contributed by atoms with Crippen molar-refractivity contribution in [2.75, 3.05) is 48.0 Å². The van der Waals surface area contributed by atoms with Crippen LogP contribution in [0, 0.1) is 0 Å². The number of likely N-dealkylation sites (tertiary alicyclic amines) is 1. The Balaban J connectivity index is 1.94. The number of nitrogens with zero attached hydrogens (tertiary/aromatic N) is 2. The summed E-state index contributed by atoms with van der Waals surface area (Å²) >= 11 is 0. The second-order valence-corrected chi connectivity index (χ2v) is 6.44. The molecule has 0 radical (unpaired) electrons. The van der Waals surface area contributed by atoms with Crippen molar-refractivity contribution < 1.29 is 27.4 Å². The summed E-state index contributed by atoms with van der Waals surface area (Å²) in [4.78, 5) is 5.54. The Morgan fingerprint density at radius 2 is 1.82 bits per heavy atom. The number of benzene rings is 1. The van der Waals surface area contributed by atoms with Gasteiger partial charge < -0.3 is 24.8 Å². The zero-order valence-electron chi connectivity index (χ0n) is 16.5. The summed E-state index contributed by atoms with van der Waals surface area (Å²) in [7, 11) is 6.24. The zero-order chi connectivity index (χ0) is 20.7. The number of guanidine groups is 1. The lowest BCUT2D eigenvalue weighted by atomic mass is 10.2. The van der Waals surface area contributed by atoms with Gasteiger partial charge in [-0.3, -0.25) is 9.89 Å². The summed E-state index contributed by atoms with van der Waals surface area (Å²) in [6, 6.07) is 3.55. The summed E-state index contributed by atoms with van der Waals surface area (Å²) in [5, 5.41) is 6.34. The number of halogens is 3. The second-order valence-electron chi connectivity index (χ2n) is 6.44. The van der Waals surface area contributed by atoms with Crippen molar-refractivity contribution in [2.45, 2.75) is 25.2 Å². The van der Waals surface area contributed by atoms with E-state index in [9.17, 15) is 13.2 Å². The van der Waals surface area contributed by atoms with Crippen LogP contribution in [0.3, 0.4) is 0 Å². The molecule has 1 atom stereocenters. The van der Waals surface area contributed by atoms with Gasteiger partial charge in [-0.25, -0.2) is 0 Å². The molecule has 1 aromatic rings. The lowest BCUT2D eigenvalue weighted by Gasteiger charge is -2.20. The van der Waals surface area contributed by atoms with Gasteiger partial charge in [0.1, 0.15) is 0 Å². The van der Waals surface area contributed by atoms with Gasteiger partial charge in [0.05, 0.1) is 27.9 Å². The summed E-state index contributed by atoms with van der Waals surface area (Å²) in [5.74, 6) is 2.11. The molecule has 2 N–H and O–H groups in total. The minimum absolute atomic E-state index is 0.0894. The summed E-state index contributed by atoms with van der Waals surface area (Å²) in [6.07, 6.45) is -3.55. The van der Waals surface area contributed by atoms with E-state index >= 15 is 0 Å². The molecule has 0 bridgehead atoms. The molecule has 2 rings (SSSR count). The quantitative estimate of drug-likeness (QED) is 0.535. The number of nitrogens with one attached hydrogen (secondary N) is 2. The van der Waals surface area contributed by atoms with Crippen molar-refractivity contribution >= 4 is 5.96 Å². The van der Waals surface area contributed by atoms with Gasteiger partial charge in [0.25, 0.3) is 0 Å². The molecule has 0 aliphatic carbocycles. The monoisotopic (exact) mass is 404 g/mol. The van der Waals surface area contributed by atoms with Crippen LogP contribution in [0.4, 0.5) is 13.2 Å². The smallest absolute Gasteiger partial charge is 0.401 e. The number of hydrogen-bond acceptors (Lipinski definition) is 5. The van der Waals surface area contributed by atoms with Gasteiger partial charge in [0.2, 0.25) is 5.75 Å². The number of hydrogen-bond donors (Lipinski definition) is 2. The molecule has 158 valence electrons. The molecule has 1 aromatic carbocycles. The van der Waals surface area contributed by atoms with Crippen molar-refractivity contribution in [1.29, 1.82) is 0 Å². The molecule has 1 heterocycles. The SMILES string of the molecule is CN=C(NCc1cc(OC)c(OC)c(OC)c1)NC1CCN(CC(F)(F)F)C1. The molecule has 0 amide bonds. The maximum atomic E-state index is 12.5. The van der Waals surface area contributed by atoms with E-state index in [1.165, 1.54) is 12.0 Å². The van der Waals surface area contributed by atoms with Crippen LogP contribution < -0.4 is 24.8 Å². The van der Waals surface area contributed by atoms with Crippen LogP contribution in [-0.4, -0.2) is 71.1 Å². The first-order chi connectivity index (χ1) is 13.3. The average Bonchev–Trinajstić information content (AvgIpc) is 3.08. The number of methoxy groups -OCH3 is 3. The van der Waals surface area contributed by atoms with E-state index in [2.05, 4.69) is 15.6 Å². The molecular formula is C18H27F3N4O3. The topological polar surface area (TPSA) is 67.4 Å². The number of alkyl halides is 3. The fourth-order valence-corrected chi connectivity index (χ4v) is 3.16. The van der Waals surface area contributed by atoms with Crippen LogP contribution in [0.15, 0.2) is 17.1 Å². The van der Waals surface area contributed by atoms with Gasteiger partial charge in [0, 0.05) is 32.7 Å². The maximum absolute atomic E-state index is 12.5. The predicted molar refractivity (Wildman–Crippen MR) is 100 cm³/mol. The standard InChI is InChI=1S/C18H27F3N4O3/c1-22-17(24-13-5-6-25(10-13)11-18(19,20)21)23-9-12-7-14(26-2)16(28-4)15(8-12)27-3/h7-8,13H,5-6,9-11H2,1-4H3,(H2,22,23,24). The van der Waals surface area contributed by atoms with Crippen LogP contribution in [0.1, 0.15) is 12.0 Å². The second kappa shape index (κ2) is 9.72. The molecule has 7 nitrogen and oxygen atoms in total. The van der Waals surface area contributed by atoms with Gasteiger partial charge in [-0.05, 0) is 24.1 Å². The molecule has 0 aromatic heterocycles. The lowest BCUT2D eigenvalue weighted by molar-refractivity contribution is -0.143. The fraction of sp³-hybridized carbons (Fsp3) is 0.611. The minimum atomic E-state index is -4.18. The highest BCUT2D eigenvalue weighted by Gasteiger charge is 2.34. The van der Waals surface area contributed by atoms with Gasteiger partial charge in [-0.15, -0.1) is 0 Å². The van der Waals surface area contributed by atoms with Crippen molar-refractivity contribution in [3.63, 3.8) is 0 Å². The van der Waals surface area contributed by atoms with Gasteiger partial charge in [0.15, 0.2) is 17.5 Å². The maximum Gasteiger partial charge on any atom is 0.401 e. The van der Waals surface area contributed by atoms with Gasteiger partial charge in [-0.2, -0.15) is 13.2 Å². The van der Waals surface area contributed by atoms with Crippen molar-refractivity contribution in [3.05, 3.63) is 17.7 Å². The van der Waals surface area contributed by atoms with Crippen LogP contribution in [0.2, 0.25) is 0 Å². The highest BCUT2D eigenvalue weighted by atomic mass is 19.4. The molecule has 1 unspecified atom stereocenters. The van der Waals surface area contributed by atoms with E-state index in [0.29, 0.717) is 49.3 Å². The first-order valence-corrected chi connectivity index (χ1v) is 8.84. The van der Waals surface area contributed by atoms with E-state index < -0.39 is 12.7 Å². The molecule has 28 heavy (non-hydrogen) atoms. The van der Waals surface area contributed by atoms with E-state index in [1.807, 2.05) is 12.1 Å². The molecular weight excluding hydrogens is 377 g/mol. The highest BCUT2D eigenvalue weighted by Crippen LogP contribution is 2.38. The van der Waals surface area contributed by atoms with Crippen LogP contribution in [0.25, 0.3) is 0 Å². The van der Waals surface area contributed by atoms with Crippen LogP contribution in [-0.2, 0) is 6.54 Å². The summed E-state index contributed by atoms with van der Waals surface area (Å²) < 4.78 is 53.5. The summed E-state index contributed by atoms with van der Waals surface area (Å²) in [5.41, 5.74) is 0.877. The zero-order valence-corrected chi connectivity index (χ0v) is 16.5. The third-order valence-electron chi connectivity index (χ3n) is 4.42. The van der Waals surface area contributed by atoms with E-state index in [4.69, 9.17) is 14.2 Å². The third-order valence-corrected chi connectivity index (χ3v) is 4.42. The van der Waals surface area contributed by atoms with Gasteiger partial charge in [-0.1, -0.05) is 0 Å². The Morgan fingerprint density at radius 3 is 2.32 bits per heavy atom. The Kier molecular flexibility index (Phi) is 7.61. The molecule has 1 saturated heterocycles.